The van der Waals surface area contributed by atoms with Crippen LogP contribution < -0.4 is 9.47 Å². The maximum atomic E-state index is 6.03. The molecule has 0 aliphatic rings. The van der Waals surface area contributed by atoms with Crippen molar-refractivity contribution in [2.24, 2.45) is 0 Å². The van der Waals surface area contributed by atoms with Crippen molar-refractivity contribution in [2.75, 3.05) is 14.2 Å². The summed E-state index contributed by atoms with van der Waals surface area (Å²) in [6.07, 6.45) is 1.74. The highest BCUT2D eigenvalue weighted by molar-refractivity contribution is 5.87. The molecule has 0 saturated carbocycles. The lowest BCUT2D eigenvalue weighted by atomic mass is 10.1. The van der Waals surface area contributed by atoms with Crippen molar-refractivity contribution in [3.8, 4) is 17.2 Å². The van der Waals surface area contributed by atoms with Crippen LogP contribution in [0.4, 0.5) is 0 Å². The van der Waals surface area contributed by atoms with Crippen LogP contribution in [0.25, 0.3) is 10.9 Å². The van der Waals surface area contributed by atoms with Gasteiger partial charge in [-0.2, -0.15) is 0 Å². The Kier molecular flexibility index (Phi) is 4.44. The Morgan fingerprint density at radius 1 is 0.957 bits per heavy atom. The molecule has 0 atom stereocenters. The minimum atomic E-state index is 0.470. The van der Waals surface area contributed by atoms with E-state index in [1.54, 1.807) is 20.4 Å². The molecule has 0 radical (unpaired) electrons. The van der Waals surface area contributed by atoms with E-state index in [0.717, 1.165) is 33.7 Å². The summed E-state index contributed by atoms with van der Waals surface area (Å²) in [5.74, 6) is 2.32. The van der Waals surface area contributed by atoms with Crippen LogP contribution >= 0.6 is 0 Å². The molecule has 1 heterocycles. The lowest BCUT2D eigenvalue weighted by Crippen LogP contribution is -1.96. The summed E-state index contributed by atoms with van der Waals surface area (Å²) >= 11 is 0. The molecule has 3 aromatic rings. The highest BCUT2D eigenvalue weighted by Gasteiger charge is 2.11. The summed E-state index contributed by atoms with van der Waals surface area (Å²) in [7, 11) is 3.31. The van der Waals surface area contributed by atoms with Crippen molar-refractivity contribution in [1.29, 1.82) is 0 Å². The second kappa shape index (κ2) is 6.67. The molecule has 1 aromatic heterocycles. The number of hydrogen-bond donors (Lipinski definition) is 0. The minimum absolute atomic E-state index is 0.470. The molecule has 118 valence electrons. The molecule has 0 saturated heterocycles. The van der Waals surface area contributed by atoms with Crippen LogP contribution in [-0.2, 0) is 11.3 Å². The van der Waals surface area contributed by atoms with Gasteiger partial charge in [-0.25, -0.2) is 0 Å². The normalized spacial score (nSPS) is 10.7. The molecule has 0 unspecified atom stereocenters. The Balaban J connectivity index is 2.05. The topological polar surface area (TPSA) is 40.6 Å². The molecule has 23 heavy (non-hydrogen) atoms. The first kappa shape index (κ1) is 15.3. The second-order valence-corrected chi connectivity index (χ2v) is 5.34. The molecule has 0 amide bonds. The van der Waals surface area contributed by atoms with Crippen molar-refractivity contribution in [3.05, 3.63) is 59.8 Å². The van der Waals surface area contributed by atoms with Gasteiger partial charge in [0.25, 0.3) is 0 Å². The molecular weight excluding hydrogens is 290 g/mol. The summed E-state index contributed by atoms with van der Waals surface area (Å²) in [6.45, 7) is 2.52. The van der Waals surface area contributed by atoms with Crippen molar-refractivity contribution >= 4 is 10.9 Å². The SMILES string of the molecule is COCc1cc2c(Oc3ccc(C)cc3)ccnc2cc1OC. The fourth-order valence-corrected chi connectivity index (χ4v) is 2.47. The Labute approximate surface area is 135 Å². The molecule has 4 nitrogen and oxygen atoms in total. The quantitative estimate of drug-likeness (QED) is 0.696. The molecule has 4 heteroatoms. The van der Waals surface area contributed by atoms with Gasteiger partial charge in [0.15, 0.2) is 0 Å². The maximum Gasteiger partial charge on any atom is 0.138 e. The Hall–Kier alpha value is -2.59. The molecule has 0 N–H and O–H groups in total. The van der Waals surface area contributed by atoms with Crippen LogP contribution in [0.2, 0.25) is 0 Å². The number of rotatable bonds is 5. The number of hydrogen-bond acceptors (Lipinski definition) is 4. The first-order valence-corrected chi connectivity index (χ1v) is 7.40. The van der Waals surface area contributed by atoms with E-state index in [1.807, 2.05) is 42.5 Å². The number of benzene rings is 2. The van der Waals surface area contributed by atoms with Crippen LogP contribution in [0.5, 0.6) is 17.2 Å². The molecule has 0 bridgehead atoms. The van der Waals surface area contributed by atoms with E-state index >= 15 is 0 Å². The van der Waals surface area contributed by atoms with Crippen molar-refractivity contribution in [2.45, 2.75) is 13.5 Å². The van der Waals surface area contributed by atoms with E-state index in [0.29, 0.717) is 6.61 Å². The average molecular weight is 309 g/mol. The number of nitrogens with zero attached hydrogens (tertiary/aromatic N) is 1. The van der Waals surface area contributed by atoms with Crippen molar-refractivity contribution < 1.29 is 14.2 Å². The first-order valence-electron chi connectivity index (χ1n) is 7.40. The van der Waals surface area contributed by atoms with Gasteiger partial charge in [0, 0.05) is 30.3 Å². The first-order chi connectivity index (χ1) is 11.2. The predicted molar refractivity (Wildman–Crippen MR) is 90.3 cm³/mol. The Morgan fingerprint density at radius 2 is 1.74 bits per heavy atom. The zero-order valence-corrected chi connectivity index (χ0v) is 13.5. The molecule has 2 aromatic carbocycles. The molecule has 0 fully saturated rings. The van der Waals surface area contributed by atoms with Gasteiger partial charge >= 0.3 is 0 Å². The third-order valence-electron chi connectivity index (χ3n) is 3.65. The summed E-state index contributed by atoms with van der Waals surface area (Å²) in [4.78, 5) is 4.41. The number of ether oxygens (including phenoxy) is 3. The zero-order valence-electron chi connectivity index (χ0n) is 13.5. The smallest absolute Gasteiger partial charge is 0.138 e. The number of fused-ring (bicyclic) bond motifs is 1. The van der Waals surface area contributed by atoms with Gasteiger partial charge in [-0.15, -0.1) is 0 Å². The standard InChI is InChI=1S/C19H19NO3/c1-13-4-6-15(7-5-13)23-18-8-9-20-17-11-19(22-3)14(12-21-2)10-16(17)18/h4-11H,12H2,1-3H3. The molecule has 0 aliphatic heterocycles. The Bertz CT molecular complexity index is 813. The van der Waals surface area contributed by atoms with Crippen LogP contribution in [0.1, 0.15) is 11.1 Å². The van der Waals surface area contributed by atoms with Crippen LogP contribution in [0.3, 0.4) is 0 Å². The lowest BCUT2D eigenvalue weighted by molar-refractivity contribution is 0.182. The van der Waals surface area contributed by atoms with Gasteiger partial charge in [0.05, 0.1) is 19.2 Å². The van der Waals surface area contributed by atoms with Crippen molar-refractivity contribution in [1.82, 2.24) is 4.98 Å². The number of methoxy groups -OCH3 is 2. The summed E-state index contributed by atoms with van der Waals surface area (Å²) in [5.41, 5.74) is 2.99. The van der Waals surface area contributed by atoms with E-state index in [4.69, 9.17) is 14.2 Å². The number of aryl methyl sites for hydroxylation is 1. The largest absolute Gasteiger partial charge is 0.496 e. The van der Waals surface area contributed by atoms with E-state index in [9.17, 15) is 0 Å². The summed E-state index contributed by atoms with van der Waals surface area (Å²) in [5, 5.41) is 0.931. The summed E-state index contributed by atoms with van der Waals surface area (Å²) < 4.78 is 16.7. The fourth-order valence-electron chi connectivity index (χ4n) is 2.47. The van der Waals surface area contributed by atoms with Gasteiger partial charge in [0.1, 0.15) is 17.2 Å². The number of aromatic nitrogens is 1. The van der Waals surface area contributed by atoms with Gasteiger partial charge < -0.3 is 14.2 Å². The van der Waals surface area contributed by atoms with Crippen molar-refractivity contribution in [3.63, 3.8) is 0 Å². The third-order valence-corrected chi connectivity index (χ3v) is 3.65. The predicted octanol–water partition coefficient (Wildman–Crippen LogP) is 4.49. The van der Waals surface area contributed by atoms with E-state index in [-0.39, 0.29) is 0 Å². The van der Waals surface area contributed by atoms with Crippen LogP contribution in [0.15, 0.2) is 48.7 Å². The van der Waals surface area contributed by atoms with Gasteiger partial charge in [-0.05, 0) is 31.2 Å². The second-order valence-electron chi connectivity index (χ2n) is 5.34. The Morgan fingerprint density at radius 3 is 2.43 bits per heavy atom. The maximum absolute atomic E-state index is 6.03. The zero-order chi connectivity index (χ0) is 16.2. The van der Waals surface area contributed by atoms with Crippen LogP contribution in [0, 0.1) is 6.92 Å². The van der Waals surface area contributed by atoms with Crippen LogP contribution in [-0.4, -0.2) is 19.2 Å². The molecule has 0 spiro atoms. The van der Waals surface area contributed by atoms with Gasteiger partial charge in [-0.1, -0.05) is 17.7 Å². The highest BCUT2D eigenvalue weighted by Crippen LogP contribution is 2.33. The third kappa shape index (κ3) is 3.27. The molecule has 0 aliphatic carbocycles. The lowest BCUT2D eigenvalue weighted by Gasteiger charge is -2.13. The van der Waals surface area contributed by atoms with E-state index < -0.39 is 0 Å². The fraction of sp³-hybridized carbons (Fsp3) is 0.211. The summed E-state index contributed by atoms with van der Waals surface area (Å²) in [6, 6.07) is 13.8. The molecule has 3 rings (SSSR count). The molecular formula is C19H19NO3. The van der Waals surface area contributed by atoms with E-state index in [1.165, 1.54) is 5.56 Å². The average Bonchev–Trinajstić information content (AvgIpc) is 2.57. The van der Waals surface area contributed by atoms with Gasteiger partial charge in [-0.3, -0.25) is 4.98 Å². The van der Waals surface area contributed by atoms with Gasteiger partial charge in [0.2, 0.25) is 0 Å². The minimum Gasteiger partial charge on any atom is -0.496 e. The van der Waals surface area contributed by atoms with E-state index in [2.05, 4.69) is 11.9 Å². The highest BCUT2D eigenvalue weighted by atomic mass is 16.5. The monoisotopic (exact) mass is 309 g/mol. The number of pyridine rings is 1.